The largest absolute Gasteiger partial charge is 0.362 e. The van der Waals surface area contributed by atoms with E-state index in [2.05, 4.69) is 63.0 Å². The van der Waals surface area contributed by atoms with Crippen LogP contribution in [0.1, 0.15) is 50.8 Å². The molecule has 0 unspecified atom stereocenters. The predicted octanol–water partition coefficient (Wildman–Crippen LogP) is 4.13. The Morgan fingerprint density at radius 2 is 1.90 bits per heavy atom. The van der Waals surface area contributed by atoms with Crippen LogP contribution >= 0.6 is 0 Å². The number of anilines is 1. The first kappa shape index (κ1) is 15.1. The molecule has 1 aliphatic heterocycles. The first-order valence-electron chi connectivity index (χ1n) is 7.66. The minimum Gasteiger partial charge on any atom is -0.362 e. The Balaban J connectivity index is 2.57. The number of aryl methyl sites for hydroxylation is 1. The Kier molecular flexibility index (Phi) is 4.24. The van der Waals surface area contributed by atoms with Crippen molar-refractivity contribution in [1.82, 2.24) is 5.32 Å². The Labute approximate surface area is 123 Å². The fourth-order valence-corrected chi connectivity index (χ4v) is 3.29. The maximum atomic E-state index is 3.27. The normalized spacial score (nSPS) is 16.9. The van der Waals surface area contributed by atoms with E-state index in [1.54, 1.807) is 0 Å². The lowest BCUT2D eigenvalue weighted by Crippen LogP contribution is -2.45. The molecule has 2 heteroatoms. The van der Waals surface area contributed by atoms with Crippen LogP contribution in [0.25, 0.3) is 5.57 Å². The van der Waals surface area contributed by atoms with Gasteiger partial charge in [0.2, 0.25) is 0 Å². The number of nitrogens with zero attached hydrogens (tertiary/aromatic N) is 1. The van der Waals surface area contributed by atoms with Crippen LogP contribution in [0.4, 0.5) is 5.69 Å². The number of nitrogens with one attached hydrogen (secondary N) is 1. The predicted molar refractivity (Wildman–Crippen MR) is 89.3 cm³/mol. The Bertz CT molecular complexity index is 526. The summed E-state index contributed by atoms with van der Waals surface area (Å²) in [6, 6.07) is 4.74. The summed E-state index contributed by atoms with van der Waals surface area (Å²) in [6.07, 6.45) is 3.58. The third-order valence-electron chi connectivity index (χ3n) is 4.25. The van der Waals surface area contributed by atoms with Crippen molar-refractivity contribution in [3.05, 3.63) is 34.9 Å². The van der Waals surface area contributed by atoms with Gasteiger partial charge < -0.3 is 10.2 Å². The summed E-state index contributed by atoms with van der Waals surface area (Å²) in [4.78, 5) is 2.55. The van der Waals surface area contributed by atoms with E-state index in [4.69, 9.17) is 0 Å². The lowest BCUT2D eigenvalue weighted by Gasteiger charge is -2.43. The molecule has 0 aromatic heterocycles. The van der Waals surface area contributed by atoms with Gasteiger partial charge >= 0.3 is 0 Å². The van der Waals surface area contributed by atoms with Crippen LogP contribution in [0, 0.1) is 6.92 Å². The summed E-state index contributed by atoms with van der Waals surface area (Å²) in [5.41, 5.74) is 7.07. The molecule has 0 spiro atoms. The molecule has 0 bridgehead atoms. The number of hydrogen-bond acceptors (Lipinski definition) is 2. The molecule has 1 N–H and O–H groups in total. The molecule has 0 aliphatic carbocycles. The third kappa shape index (κ3) is 2.62. The summed E-state index contributed by atoms with van der Waals surface area (Å²) in [7, 11) is 2.01. The van der Waals surface area contributed by atoms with Gasteiger partial charge in [-0.15, -0.1) is 0 Å². The van der Waals surface area contributed by atoms with Gasteiger partial charge in [0.1, 0.15) is 0 Å². The highest BCUT2D eigenvalue weighted by molar-refractivity contribution is 5.82. The van der Waals surface area contributed by atoms with Crippen LogP contribution in [0.2, 0.25) is 0 Å². The first-order valence-corrected chi connectivity index (χ1v) is 7.66. The van der Waals surface area contributed by atoms with E-state index in [1.807, 2.05) is 7.05 Å². The monoisotopic (exact) mass is 272 g/mol. The molecule has 0 saturated heterocycles. The minimum absolute atomic E-state index is 0.101. The zero-order valence-electron chi connectivity index (χ0n) is 13.8. The molecule has 1 aromatic carbocycles. The van der Waals surface area contributed by atoms with Crippen molar-refractivity contribution in [1.29, 1.82) is 0 Å². The van der Waals surface area contributed by atoms with E-state index in [0.717, 1.165) is 13.1 Å². The summed E-state index contributed by atoms with van der Waals surface area (Å²) in [5, 5.41) is 3.27. The van der Waals surface area contributed by atoms with E-state index < -0.39 is 0 Å². The van der Waals surface area contributed by atoms with Gasteiger partial charge in [-0.25, -0.2) is 0 Å². The van der Waals surface area contributed by atoms with Gasteiger partial charge in [-0.05, 0) is 70.0 Å². The van der Waals surface area contributed by atoms with Crippen molar-refractivity contribution >= 4 is 11.3 Å². The van der Waals surface area contributed by atoms with E-state index in [-0.39, 0.29) is 5.54 Å². The molecule has 1 heterocycles. The average molecular weight is 272 g/mol. The summed E-state index contributed by atoms with van der Waals surface area (Å²) in [5.74, 6) is 0. The highest BCUT2D eigenvalue weighted by Crippen LogP contribution is 2.40. The third-order valence-corrected chi connectivity index (χ3v) is 4.25. The molecular formula is C18H28N2. The van der Waals surface area contributed by atoms with Gasteiger partial charge in [0.25, 0.3) is 0 Å². The molecule has 0 saturated carbocycles. The standard InChI is InChI=1S/C18H28N2/c1-7-8-20-17-9-13(2)15(12-19-6)10-16(17)14(3)11-18(20,4)5/h9-11,19H,7-8,12H2,1-6H3. The maximum Gasteiger partial charge on any atom is 0.0534 e. The van der Waals surface area contributed by atoms with Crippen LogP contribution in [0.15, 0.2) is 18.2 Å². The van der Waals surface area contributed by atoms with E-state index in [9.17, 15) is 0 Å². The van der Waals surface area contributed by atoms with Crippen LogP contribution in [0.3, 0.4) is 0 Å². The fraction of sp³-hybridized carbons (Fsp3) is 0.556. The molecule has 0 fully saturated rings. The van der Waals surface area contributed by atoms with E-state index >= 15 is 0 Å². The number of benzene rings is 1. The molecule has 0 atom stereocenters. The lowest BCUT2D eigenvalue weighted by atomic mass is 9.86. The van der Waals surface area contributed by atoms with Crippen molar-refractivity contribution in [3.8, 4) is 0 Å². The SMILES string of the molecule is CCCN1c2cc(C)c(CNC)cc2C(C)=CC1(C)C. The van der Waals surface area contributed by atoms with Gasteiger partial charge in [-0.3, -0.25) is 0 Å². The van der Waals surface area contributed by atoms with Crippen LogP contribution in [0.5, 0.6) is 0 Å². The van der Waals surface area contributed by atoms with Crippen LogP contribution in [-0.4, -0.2) is 19.1 Å². The molecule has 2 nitrogen and oxygen atoms in total. The van der Waals surface area contributed by atoms with Crippen molar-refractivity contribution in [2.75, 3.05) is 18.5 Å². The molecule has 20 heavy (non-hydrogen) atoms. The number of hydrogen-bond donors (Lipinski definition) is 1. The van der Waals surface area contributed by atoms with Crippen molar-refractivity contribution in [3.63, 3.8) is 0 Å². The summed E-state index contributed by atoms with van der Waals surface area (Å²) in [6.45, 7) is 13.4. The highest BCUT2D eigenvalue weighted by atomic mass is 15.2. The number of allylic oxidation sites excluding steroid dienone is 1. The maximum absolute atomic E-state index is 3.27. The topological polar surface area (TPSA) is 15.3 Å². The van der Waals surface area contributed by atoms with Crippen LogP contribution < -0.4 is 10.2 Å². The minimum atomic E-state index is 0.101. The first-order chi connectivity index (χ1) is 9.40. The molecule has 0 amide bonds. The number of fused-ring (bicyclic) bond motifs is 1. The molecular weight excluding hydrogens is 244 g/mol. The zero-order chi connectivity index (χ0) is 14.9. The fourth-order valence-electron chi connectivity index (χ4n) is 3.29. The summed E-state index contributed by atoms with van der Waals surface area (Å²) < 4.78 is 0. The van der Waals surface area contributed by atoms with Gasteiger partial charge in [0, 0.05) is 24.3 Å². The second-order valence-electron chi connectivity index (χ2n) is 6.46. The van der Waals surface area contributed by atoms with Crippen molar-refractivity contribution < 1.29 is 0 Å². The van der Waals surface area contributed by atoms with Gasteiger partial charge in [-0.2, -0.15) is 0 Å². The van der Waals surface area contributed by atoms with Gasteiger partial charge in [0.05, 0.1) is 5.54 Å². The van der Waals surface area contributed by atoms with Gasteiger partial charge in [0.15, 0.2) is 0 Å². The number of rotatable bonds is 4. The van der Waals surface area contributed by atoms with Crippen LogP contribution in [-0.2, 0) is 6.54 Å². The van der Waals surface area contributed by atoms with Crippen molar-refractivity contribution in [2.24, 2.45) is 0 Å². The highest BCUT2D eigenvalue weighted by Gasteiger charge is 2.30. The molecule has 1 aromatic rings. The Hall–Kier alpha value is -1.28. The Morgan fingerprint density at radius 3 is 2.50 bits per heavy atom. The lowest BCUT2D eigenvalue weighted by molar-refractivity contribution is 0.550. The second kappa shape index (κ2) is 5.61. The quantitative estimate of drug-likeness (QED) is 0.886. The zero-order valence-corrected chi connectivity index (χ0v) is 13.8. The van der Waals surface area contributed by atoms with E-state index in [0.29, 0.717) is 0 Å². The molecule has 0 radical (unpaired) electrons. The summed E-state index contributed by atoms with van der Waals surface area (Å²) >= 11 is 0. The second-order valence-corrected chi connectivity index (χ2v) is 6.46. The Morgan fingerprint density at radius 1 is 1.20 bits per heavy atom. The van der Waals surface area contributed by atoms with Gasteiger partial charge in [-0.1, -0.05) is 13.0 Å². The molecule has 110 valence electrons. The smallest absolute Gasteiger partial charge is 0.0534 e. The van der Waals surface area contributed by atoms with Crippen molar-refractivity contribution in [2.45, 2.75) is 53.1 Å². The average Bonchev–Trinajstić information content (AvgIpc) is 2.36. The molecule has 1 aliphatic rings. The van der Waals surface area contributed by atoms with E-state index in [1.165, 1.54) is 34.4 Å². The molecule has 2 rings (SSSR count).